The Morgan fingerprint density at radius 2 is 2.10 bits per heavy atom. The highest BCUT2D eigenvalue weighted by atomic mass is 28.2. The molecule has 0 fully saturated rings. The van der Waals surface area contributed by atoms with Gasteiger partial charge >= 0.3 is 0 Å². The van der Waals surface area contributed by atoms with Gasteiger partial charge in [0.2, 0.25) is 9.76 Å². The van der Waals surface area contributed by atoms with Crippen molar-refractivity contribution in [2.24, 2.45) is 0 Å². The SMILES string of the molecule is C=CC(C=C)[SiH2]OC(C)=O. The standard InChI is InChI=1S/C7H12O2Si/c1-4-7(5-2)10-9-6(3)8/h4-5,7H,1-2,10H2,3H3. The minimum absolute atomic E-state index is 0.208. The van der Waals surface area contributed by atoms with Crippen LogP contribution in [0.5, 0.6) is 0 Å². The van der Waals surface area contributed by atoms with Crippen LogP contribution < -0.4 is 0 Å². The maximum absolute atomic E-state index is 10.3. The summed E-state index contributed by atoms with van der Waals surface area (Å²) in [5.74, 6) is -0.208. The lowest BCUT2D eigenvalue weighted by atomic mass is 10.4. The van der Waals surface area contributed by atoms with Gasteiger partial charge in [0.25, 0.3) is 5.97 Å². The maximum Gasteiger partial charge on any atom is 0.288 e. The molecule has 0 amide bonds. The van der Waals surface area contributed by atoms with E-state index in [1.165, 1.54) is 6.92 Å². The summed E-state index contributed by atoms with van der Waals surface area (Å²) in [6.07, 6.45) is 3.50. The second-order valence-electron chi connectivity index (χ2n) is 1.94. The fourth-order valence-electron chi connectivity index (χ4n) is 0.446. The Balaban J connectivity index is 3.54. The molecule has 10 heavy (non-hydrogen) atoms. The van der Waals surface area contributed by atoms with Crippen molar-refractivity contribution in [1.82, 2.24) is 0 Å². The van der Waals surface area contributed by atoms with E-state index in [-0.39, 0.29) is 11.5 Å². The summed E-state index contributed by atoms with van der Waals surface area (Å²) in [4.78, 5) is 10.3. The molecule has 0 aromatic carbocycles. The van der Waals surface area contributed by atoms with Gasteiger partial charge in [-0.2, -0.15) is 0 Å². The molecular formula is C7H12O2Si. The van der Waals surface area contributed by atoms with E-state index in [9.17, 15) is 4.79 Å². The van der Waals surface area contributed by atoms with E-state index in [4.69, 9.17) is 4.43 Å². The van der Waals surface area contributed by atoms with Crippen LogP contribution in [0.15, 0.2) is 25.3 Å². The molecule has 0 aliphatic rings. The number of rotatable bonds is 4. The van der Waals surface area contributed by atoms with Crippen LogP contribution in [0.1, 0.15) is 6.92 Å². The molecule has 3 heteroatoms. The van der Waals surface area contributed by atoms with Crippen molar-refractivity contribution in [2.75, 3.05) is 0 Å². The molecule has 56 valence electrons. The van der Waals surface area contributed by atoms with E-state index in [2.05, 4.69) is 13.2 Å². The zero-order valence-corrected chi connectivity index (χ0v) is 7.58. The van der Waals surface area contributed by atoms with E-state index < -0.39 is 9.76 Å². The summed E-state index contributed by atoms with van der Waals surface area (Å²) < 4.78 is 4.84. The van der Waals surface area contributed by atoms with Gasteiger partial charge in [-0.3, -0.25) is 4.79 Å². The first-order valence-electron chi connectivity index (χ1n) is 3.09. The molecule has 0 spiro atoms. The third kappa shape index (κ3) is 4.09. The van der Waals surface area contributed by atoms with Gasteiger partial charge in [-0.05, 0) is 0 Å². The van der Waals surface area contributed by atoms with Crippen LogP contribution in [0.4, 0.5) is 0 Å². The van der Waals surface area contributed by atoms with Gasteiger partial charge in [0.1, 0.15) is 0 Å². The Morgan fingerprint density at radius 3 is 2.40 bits per heavy atom. The van der Waals surface area contributed by atoms with Gasteiger partial charge in [0.05, 0.1) is 0 Å². The molecular weight excluding hydrogens is 144 g/mol. The van der Waals surface area contributed by atoms with Crippen molar-refractivity contribution >= 4 is 15.7 Å². The van der Waals surface area contributed by atoms with Crippen molar-refractivity contribution in [3.05, 3.63) is 25.3 Å². The molecule has 0 aliphatic carbocycles. The van der Waals surface area contributed by atoms with Crippen molar-refractivity contribution < 1.29 is 9.22 Å². The monoisotopic (exact) mass is 156 g/mol. The Bertz CT molecular complexity index is 135. The van der Waals surface area contributed by atoms with Gasteiger partial charge < -0.3 is 4.43 Å². The Labute approximate surface area is 63.5 Å². The van der Waals surface area contributed by atoms with Gasteiger partial charge in [-0.1, -0.05) is 12.2 Å². The lowest BCUT2D eigenvalue weighted by molar-refractivity contribution is -0.131. The minimum Gasteiger partial charge on any atom is -0.524 e. The van der Waals surface area contributed by atoms with Crippen molar-refractivity contribution in [2.45, 2.75) is 12.5 Å². The topological polar surface area (TPSA) is 26.3 Å². The predicted molar refractivity (Wildman–Crippen MR) is 44.5 cm³/mol. The fourth-order valence-corrected chi connectivity index (χ4v) is 1.15. The van der Waals surface area contributed by atoms with E-state index in [1.807, 2.05) is 0 Å². The summed E-state index contributed by atoms with van der Waals surface area (Å²) in [6.45, 7) is 8.58. The quantitative estimate of drug-likeness (QED) is 0.444. The van der Waals surface area contributed by atoms with E-state index in [0.29, 0.717) is 0 Å². The molecule has 0 bridgehead atoms. The fraction of sp³-hybridized carbons (Fsp3) is 0.286. The third-order valence-corrected chi connectivity index (χ3v) is 2.71. The average molecular weight is 156 g/mol. The van der Waals surface area contributed by atoms with Crippen LogP contribution in [0.25, 0.3) is 0 Å². The second kappa shape index (κ2) is 4.99. The third-order valence-electron chi connectivity index (χ3n) is 1.08. The largest absolute Gasteiger partial charge is 0.524 e. The molecule has 0 N–H and O–H groups in total. The highest BCUT2D eigenvalue weighted by molar-refractivity contribution is 6.34. The molecule has 0 atom stereocenters. The maximum atomic E-state index is 10.3. The molecule has 0 aliphatic heterocycles. The number of carbonyl (C=O) groups excluding carboxylic acids is 1. The summed E-state index contributed by atoms with van der Waals surface area (Å²) >= 11 is 0. The number of allylic oxidation sites excluding steroid dienone is 2. The molecule has 0 aromatic heterocycles. The van der Waals surface area contributed by atoms with E-state index in [0.717, 1.165) is 0 Å². The summed E-state index contributed by atoms with van der Waals surface area (Å²) in [5, 5.41) is 0. The molecule has 0 unspecified atom stereocenters. The van der Waals surface area contributed by atoms with Crippen LogP contribution in [-0.2, 0) is 9.22 Å². The Kier molecular flexibility index (Phi) is 4.58. The van der Waals surface area contributed by atoms with E-state index >= 15 is 0 Å². The molecule has 2 nitrogen and oxygen atoms in total. The molecule has 0 saturated heterocycles. The number of hydrogen-bond donors (Lipinski definition) is 0. The molecule has 0 heterocycles. The van der Waals surface area contributed by atoms with Gasteiger partial charge in [0.15, 0.2) is 0 Å². The summed E-state index contributed by atoms with van der Waals surface area (Å²) in [6, 6.07) is 0. The molecule has 0 rings (SSSR count). The van der Waals surface area contributed by atoms with Gasteiger partial charge in [0, 0.05) is 12.5 Å². The smallest absolute Gasteiger partial charge is 0.288 e. The predicted octanol–water partition coefficient (Wildman–Crippen LogP) is 0.794. The first kappa shape index (κ1) is 9.17. The van der Waals surface area contributed by atoms with Crippen molar-refractivity contribution in [3.8, 4) is 0 Å². The first-order chi connectivity index (χ1) is 4.70. The average Bonchev–Trinajstić information content (AvgIpc) is 1.90. The second-order valence-corrected chi connectivity index (χ2v) is 3.50. The number of hydrogen-bond acceptors (Lipinski definition) is 2. The zero-order valence-electron chi connectivity index (χ0n) is 6.17. The van der Waals surface area contributed by atoms with Gasteiger partial charge in [-0.25, -0.2) is 0 Å². The highest BCUT2D eigenvalue weighted by Crippen LogP contribution is 2.04. The van der Waals surface area contributed by atoms with Crippen LogP contribution in [0.2, 0.25) is 5.54 Å². The Morgan fingerprint density at radius 1 is 1.60 bits per heavy atom. The van der Waals surface area contributed by atoms with Crippen LogP contribution in [-0.4, -0.2) is 15.7 Å². The minimum atomic E-state index is -0.808. The van der Waals surface area contributed by atoms with Crippen LogP contribution in [0, 0.1) is 0 Å². The Hall–Kier alpha value is -0.833. The van der Waals surface area contributed by atoms with Crippen molar-refractivity contribution in [1.29, 1.82) is 0 Å². The normalized spacial score (nSPS) is 10.2. The molecule has 0 radical (unpaired) electrons. The summed E-state index contributed by atoms with van der Waals surface area (Å²) in [7, 11) is -0.808. The van der Waals surface area contributed by atoms with Gasteiger partial charge in [-0.15, -0.1) is 13.2 Å². The van der Waals surface area contributed by atoms with Crippen LogP contribution >= 0.6 is 0 Å². The summed E-state index contributed by atoms with van der Waals surface area (Å²) in [5.41, 5.74) is 0.212. The first-order valence-corrected chi connectivity index (χ1v) is 4.48. The highest BCUT2D eigenvalue weighted by Gasteiger charge is 2.01. The number of carbonyl (C=O) groups is 1. The zero-order chi connectivity index (χ0) is 7.98. The van der Waals surface area contributed by atoms with Crippen LogP contribution in [0.3, 0.4) is 0 Å². The molecule has 0 saturated carbocycles. The lowest BCUT2D eigenvalue weighted by Crippen LogP contribution is -2.07. The van der Waals surface area contributed by atoms with Crippen molar-refractivity contribution in [3.63, 3.8) is 0 Å². The molecule has 0 aromatic rings. The van der Waals surface area contributed by atoms with E-state index in [1.54, 1.807) is 12.2 Å². The lowest BCUT2D eigenvalue weighted by Gasteiger charge is -2.04.